The lowest BCUT2D eigenvalue weighted by molar-refractivity contribution is -0.136. The van der Waals surface area contributed by atoms with Crippen LogP contribution in [0.3, 0.4) is 0 Å². The van der Waals surface area contributed by atoms with E-state index in [1.807, 2.05) is 13.8 Å². The van der Waals surface area contributed by atoms with Crippen LogP contribution in [0.4, 0.5) is 0 Å². The molecule has 0 aliphatic carbocycles. The van der Waals surface area contributed by atoms with E-state index in [1.165, 1.54) is 14.0 Å². The molecule has 0 aliphatic rings. The maximum atomic E-state index is 10.8. The zero-order valence-electron chi connectivity index (χ0n) is 10.4. The predicted octanol–water partition coefficient (Wildman–Crippen LogP) is 2.41. The number of carbonyl (C=O) groups excluding carboxylic acids is 1. The Labute approximate surface area is 96.6 Å². The van der Waals surface area contributed by atoms with Gasteiger partial charge in [0.15, 0.2) is 0 Å². The molecule has 1 N–H and O–H groups in total. The molecule has 92 valence electrons. The Hall–Kier alpha value is -1.58. The third-order valence-corrected chi connectivity index (χ3v) is 2.02. The van der Waals surface area contributed by atoms with Crippen LogP contribution >= 0.6 is 0 Å². The van der Waals surface area contributed by atoms with E-state index in [-0.39, 0.29) is 17.5 Å². The number of ether oxygens (including phenoxy) is 1. The first-order valence-electron chi connectivity index (χ1n) is 4.93. The molecule has 16 heavy (non-hydrogen) atoms. The molecule has 1 atom stereocenters. The third kappa shape index (κ3) is 7.79. The van der Waals surface area contributed by atoms with Crippen LogP contribution in [-0.2, 0) is 14.3 Å². The van der Waals surface area contributed by atoms with Gasteiger partial charge in [-0.05, 0) is 19.3 Å². The minimum Gasteiger partial charge on any atom is -0.478 e. The number of esters is 1. The highest BCUT2D eigenvalue weighted by molar-refractivity contribution is 5.88. The molecule has 0 aromatic carbocycles. The molecule has 0 saturated carbocycles. The van der Waals surface area contributed by atoms with Gasteiger partial charge in [-0.3, -0.25) is 0 Å². The van der Waals surface area contributed by atoms with Gasteiger partial charge in [-0.2, -0.15) is 0 Å². The topological polar surface area (TPSA) is 63.6 Å². The Morgan fingerprint density at radius 2 is 1.75 bits per heavy atom. The number of carboxylic acids is 1. The molecule has 0 amide bonds. The van der Waals surface area contributed by atoms with Crippen LogP contribution in [0.15, 0.2) is 24.3 Å². The second kappa shape index (κ2) is 8.71. The average Bonchev–Trinajstić information content (AvgIpc) is 2.26. The highest BCUT2D eigenvalue weighted by atomic mass is 16.5. The van der Waals surface area contributed by atoms with E-state index in [2.05, 4.69) is 17.9 Å². The Morgan fingerprint density at radius 3 is 1.94 bits per heavy atom. The van der Waals surface area contributed by atoms with Crippen LogP contribution < -0.4 is 0 Å². The van der Waals surface area contributed by atoms with Crippen molar-refractivity contribution in [3.8, 4) is 0 Å². The summed E-state index contributed by atoms with van der Waals surface area (Å²) >= 11 is 0. The molecule has 4 heteroatoms. The van der Waals surface area contributed by atoms with Crippen molar-refractivity contribution in [3.05, 3.63) is 24.3 Å². The molecular weight excluding hydrogens is 208 g/mol. The average molecular weight is 228 g/mol. The minimum absolute atomic E-state index is 0.176. The number of carbonyl (C=O) groups is 2. The van der Waals surface area contributed by atoms with Crippen LogP contribution in [0, 0.1) is 5.92 Å². The quantitative estimate of drug-likeness (QED) is 0.593. The fourth-order valence-corrected chi connectivity index (χ4v) is 0.579. The number of methoxy groups -OCH3 is 1. The van der Waals surface area contributed by atoms with Crippen molar-refractivity contribution in [2.24, 2.45) is 5.92 Å². The molecule has 4 nitrogen and oxygen atoms in total. The van der Waals surface area contributed by atoms with Gasteiger partial charge in [0.2, 0.25) is 0 Å². The van der Waals surface area contributed by atoms with Crippen molar-refractivity contribution >= 4 is 11.9 Å². The first-order chi connectivity index (χ1) is 7.27. The van der Waals surface area contributed by atoms with Gasteiger partial charge in [0.25, 0.3) is 0 Å². The van der Waals surface area contributed by atoms with Gasteiger partial charge >= 0.3 is 11.9 Å². The Bertz CT molecular complexity index is 267. The lowest BCUT2D eigenvalue weighted by Gasteiger charge is -2.08. The maximum Gasteiger partial charge on any atom is 0.333 e. The van der Waals surface area contributed by atoms with E-state index < -0.39 is 5.97 Å². The summed E-state index contributed by atoms with van der Waals surface area (Å²) < 4.78 is 4.50. The summed E-state index contributed by atoms with van der Waals surface area (Å²) in [6.07, 6.45) is 0.925. The van der Waals surface area contributed by atoms with Gasteiger partial charge in [-0.1, -0.05) is 27.0 Å². The number of carboxylic acid groups (broad SMARTS) is 1. The van der Waals surface area contributed by atoms with Crippen molar-refractivity contribution in [1.82, 2.24) is 0 Å². The summed E-state index contributed by atoms with van der Waals surface area (Å²) in [5.41, 5.74) is 0.736. The number of rotatable bonds is 4. The van der Waals surface area contributed by atoms with Crippen molar-refractivity contribution in [2.75, 3.05) is 7.11 Å². The summed E-state index contributed by atoms with van der Waals surface area (Å²) in [6.45, 7) is 12.2. The second-order valence-electron chi connectivity index (χ2n) is 3.41. The standard InChI is InChI=1S/C8H14O2.C4H6O2/c1-5-6(2)7(3)8(9)10-4;1-3(2)4(5)6/h6H,3,5H2,1-2,4H3;1H2,2H3,(H,5,6). The molecule has 0 heterocycles. The highest BCUT2D eigenvalue weighted by Crippen LogP contribution is 2.12. The fraction of sp³-hybridized carbons (Fsp3) is 0.500. The minimum atomic E-state index is -0.935. The first kappa shape index (κ1) is 16.8. The summed E-state index contributed by atoms with van der Waals surface area (Å²) in [5, 5.41) is 7.89. The largest absolute Gasteiger partial charge is 0.478 e. The smallest absolute Gasteiger partial charge is 0.333 e. The van der Waals surface area contributed by atoms with Crippen molar-refractivity contribution < 1.29 is 19.4 Å². The van der Waals surface area contributed by atoms with Gasteiger partial charge in [-0.25, -0.2) is 9.59 Å². The molecule has 0 radical (unpaired) electrons. The Balaban J connectivity index is 0. The van der Waals surface area contributed by atoms with E-state index in [0.29, 0.717) is 5.57 Å². The van der Waals surface area contributed by atoms with Gasteiger partial charge in [-0.15, -0.1) is 0 Å². The van der Waals surface area contributed by atoms with Gasteiger partial charge in [0.1, 0.15) is 0 Å². The van der Waals surface area contributed by atoms with Crippen LogP contribution in [0.5, 0.6) is 0 Å². The van der Waals surface area contributed by atoms with E-state index in [0.717, 1.165) is 6.42 Å². The van der Waals surface area contributed by atoms with Crippen molar-refractivity contribution in [1.29, 1.82) is 0 Å². The lowest BCUT2D eigenvalue weighted by atomic mass is 10.0. The summed E-state index contributed by atoms with van der Waals surface area (Å²) in [6, 6.07) is 0. The lowest BCUT2D eigenvalue weighted by Crippen LogP contribution is -2.10. The second-order valence-corrected chi connectivity index (χ2v) is 3.41. The molecule has 0 saturated heterocycles. The van der Waals surface area contributed by atoms with Crippen LogP contribution in [0.1, 0.15) is 27.2 Å². The molecule has 0 rings (SSSR count). The predicted molar refractivity (Wildman–Crippen MR) is 63.1 cm³/mol. The molecule has 0 aromatic rings. The number of hydrogen-bond acceptors (Lipinski definition) is 3. The van der Waals surface area contributed by atoms with E-state index in [1.54, 1.807) is 0 Å². The zero-order valence-corrected chi connectivity index (χ0v) is 10.4. The molecule has 0 aromatic heterocycles. The van der Waals surface area contributed by atoms with E-state index in [4.69, 9.17) is 5.11 Å². The first-order valence-corrected chi connectivity index (χ1v) is 4.93. The number of hydrogen-bond donors (Lipinski definition) is 1. The highest BCUT2D eigenvalue weighted by Gasteiger charge is 2.12. The van der Waals surface area contributed by atoms with E-state index in [9.17, 15) is 9.59 Å². The molecule has 0 aliphatic heterocycles. The normalized spacial score (nSPS) is 10.5. The van der Waals surface area contributed by atoms with Crippen LogP contribution in [0.25, 0.3) is 0 Å². The SMILES string of the molecule is C=C(C(=O)OC)C(C)CC.C=C(C)C(=O)O. The Morgan fingerprint density at radius 1 is 1.38 bits per heavy atom. The molecule has 0 fully saturated rings. The summed E-state index contributed by atoms with van der Waals surface area (Å²) in [5.74, 6) is -1.00. The van der Waals surface area contributed by atoms with Gasteiger partial charge < -0.3 is 9.84 Å². The molecular formula is C12H20O4. The maximum absolute atomic E-state index is 10.8. The monoisotopic (exact) mass is 228 g/mol. The fourth-order valence-electron chi connectivity index (χ4n) is 0.579. The summed E-state index contributed by atoms with van der Waals surface area (Å²) in [7, 11) is 1.37. The van der Waals surface area contributed by atoms with Crippen LogP contribution in [0.2, 0.25) is 0 Å². The van der Waals surface area contributed by atoms with Gasteiger partial charge in [0.05, 0.1) is 7.11 Å². The van der Waals surface area contributed by atoms with Crippen molar-refractivity contribution in [3.63, 3.8) is 0 Å². The zero-order chi connectivity index (χ0) is 13.3. The number of aliphatic carboxylic acids is 1. The molecule has 0 bridgehead atoms. The molecule has 0 spiro atoms. The van der Waals surface area contributed by atoms with Crippen molar-refractivity contribution in [2.45, 2.75) is 27.2 Å². The summed E-state index contributed by atoms with van der Waals surface area (Å²) in [4.78, 5) is 20.4. The Kier molecular flexibility index (Phi) is 9.16. The van der Waals surface area contributed by atoms with E-state index >= 15 is 0 Å². The van der Waals surface area contributed by atoms with Crippen LogP contribution in [-0.4, -0.2) is 24.2 Å². The molecule has 1 unspecified atom stereocenters. The third-order valence-electron chi connectivity index (χ3n) is 2.02. The van der Waals surface area contributed by atoms with Gasteiger partial charge in [0, 0.05) is 11.1 Å².